The highest BCUT2D eigenvalue weighted by molar-refractivity contribution is 5.82. The van der Waals surface area contributed by atoms with Gasteiger partial charge in [-0.2, -0.15) is 0 Å². The van der Waals surface area contributed by atoms with Crippen LogP contribution in [0.3, 0.4) is 0 Å². The third-order valence-electron chi connectivity index (χ3n) is 4.53. The van der Waals surface area contributed by atoms with Gasteiger partial charge in [0, 0.05) is 18.3 Å². The second kappa shape index (κ2) is 3.72. The molecule has 0 atom stereocenters. The van der Waals surface area contributed by atoms with E-state index in [1.54, 1.807) is 0 Å². The third kappa shape index (κ3) is 1.65. The number of carbonyl (C=O) groups is 1. The van der Waals surface area contributed by atoms with Gasteiger partial charge in [-0.05, 0) is 19.3 Å². The van der Waals surface area contributed by atoms with Crippen LogP contribution >= 0.6 is 0 Å². The fourth-order valence-corrected chi connectivity index (χ4v) is 3.44. The highest BCUT2D eigenvalue weighted by Gasteiger charge is 2.72. The number of ether oxygens (including phenoxy) is 2. The molecule has 3 aliphatic carbocycles. The lowest BCUT2D eigenvalue weighted by Crippen LogP contribution is -2.65. The van der Waals surface area contributed by atoms with Gasteiger partial charge in [-0.1, -0.05) is 11.8 Å². The van der Waals surface area contributed by atoms with E-state index in [9.17, 15) is 9.90 Å². The van der Waals surface area contributed by atoms with Crippen LogP contribution in [0, 0.1) is 22.7 Å². The summed E-state index contributed by atoms with van der Waals surface area (Å²) in [5.41, 5.74) is -1.16. The third-order valence-corrected chi connectivity index (χ3v) is 4.53. The number of aliphatic hydroxyl groups is 1. The molecule has 1 N–H and O–H groups in total. The maximum atomic E-state index is 11.5. The molecule has 4 heteroatoms. The number of hydrogen-bond acceptors (Lipinski definition) is 4. The average molecular weight is 250 g/mol. The molecule has 0 aromatic rings. The Morgan fingerprint density at radius 1 is 1.22 bits per heavy atom. The van der Waals surface area contributed by atoms with Gasteiger partial charge < -0.3 is 14.6 Å². The smallest absolute Gasteiger partial charge is 0.311 e. The van der Waals surface area contributed by atoms with Gasteiger partial charge in [-0.25, -0.2) is 0 Å². The Kier molecular flexibility index (Phi) is 2.48. The maximum Gasteiger partial charge on any atom is 0.311 e. The van der Waals surface area contributed by atoms with Crippen LogP contribution in [0.1, 0.15) is 32.1 Å². The Labute approximate surface area is 107 Å². The average Bonchev–Trinajstić information content (AvgIpc) is 2.26. The van der Waals surface area contributed by atoms with Gasteiger partial charge >= 0.3 is 5.97 Å². The second-order valence-electron chi connectivity index (χ2n) is 5.98. The van der Waals surface area contributed by atoms with Crippen molar-refractivity contribution in [2.45, 2.75) is 37.7 Å². The van der Waals surface area contributed by atoms with Crippen molar-refractivity contribution in [2.24, 2.45) is 10.8 Å². The molecule has 1 saturated heterocycles. The Bertz CT molecular complexity index is 417. The molecular formula is C14H18O4. The van der Waals surface area contributed by atoms with E-state index in [-0.39, 0.29) is 16.8 Å². The SMILES string of the molecule is COC(=O)C12CC(C#CC3(O)CCOCC3)(C1)C2. The lowest BCUT2D eigenvalue weighted by Gasteiger charge is -2.66. The van der Waals surface area contributed by atoms with Crippen LogP contribution in [-0.2, 0) is 14.3 Å². The zero-order valence-corrected chi connectivity index (χ0v) is 10.6. The minimum Gasteiger partial charge on any atom is -0.469 e. The van der Waals surface area contributed by atoms with Crippen molar-refractivity contribution in [3.63, 3.8) is 0 Å². The van der Waals surface area contributed by atoms with E-state index in [2.05, 4.69) is 11.8 Å². The molecule has 4 nitrogen and oxygen atoms in total. The van der Waals surface area contributed by atoms with E-state index in [1.165, 1.54) is 7.11 Å². The normalized spacial score (nSPS) is 39.7. The lowest BCUT2D eigenvalue weighted by atomic mass is 9.35. The van der Waals surface area contributed by atoms with E-state index in [0.29, 0.717) is 26.1 Å². The lowest BCUT2D eigenvalue weighted by molar-refractivity contribution is -0.205. The first-order valence-corrected chi connectivity index (χ1v) is 6.45. The molecule has 4 rings (SSSR count). The fourth-order valence-electron chi connectivity index (χ4n) is 3.44. The van der Waals surface area contributed by atoms with Crippen LogP contribution in [0.5, 0.6) is 0 Å². The molecule has 98 valence electrons. The minimum atomic E-state index is -0.883. The summed E-state index contributed by atoms with van der Waals surface area (Å²) in [7, 11) is 1.44. The summed E-state index contributed by atoms with van der Waals surface area (Å²) in [4.78, 5) is 11.5. The summed E-state index contributed by atoms with van der Waals surface area (Å²) >= 11 is 0. The molecule has 3 saturated carbocycles. The molecular weight excluding hydrogens is 232 g/mol. The van der Waals surface area contributed by atoms with Crippen molar-refractivity contribution < 1.29 is 19.4 Å². The van der Waals surface area contributed by atoms with Crippen molar-refractivity contribution in [3.05, 3.63) is 0 Å². The number of rotatable bonds is 1. The summed E-state index contributed by atoms with van der Waals surface area (Å²) in [5, 5.41) is 10.2. The van der Waals surface area contributed by atoms with Crippen LogP contribution in [0.25, 0.3) is 0 Å². The highest BCUT2D eigenvalue weighted by Crippen LogP contribution is 2.73. The van der Waals surface area contributed by atoms with Crippen molar-refractivity contribution in [2.75, 3.05) is 20.3 Å². The van der Waals surface area contributed by atoms with E-state index in [1.807, 2.05) is 0 Å². The Hall–Kier alpha value is -1.05. The fraction of sp³-hybridized carbons (Fsp3) is 0.786. The van der Waals surface area contributed by atoms with Crippen molar-refractivity contribution in [3.8, 4) is 11.8 Å². The first-order chi connectivity index (χ1) is 8.52. The van der Waals surface area contributed by atoms with Crippen LogP contribution in [0.4, 0.5) is 0 Å². The summed E-state index contributed by atoms with van der Waals surface area (Å²) < 4.78 is 10.0. The van der Waals surface area contributed by atoms with E-state index >= 15 is 0 Å². The number of esters is 1. The standard InChI is InChI=1S/C14H18O4/c1-17-11(15)13-8-12(9-13,10-13)2-3-14(16)4-6-18-7-5-14/h16H,4-10H2,1H3. The van der Waals surface area contributed by atoms with Crippen LogP contribution < -0.4 is 0 Å². The molecule has 4 aliphatic rings. The Balaban J connectivity index is 1.63. The van der Waals surface area contributed by atoms with Gasteiger partial charge in [-0.15, -0.1) is 0 Å². The first kappa shape index (κ1) is 12.0. The summed E-state index contributed by atoms with van der Waals surface area (Å²) in [6.45, 7) is 1.15. The molecule has 2 bridgehead atoms. The molecule has 1 aliphatic heterocycles. The molecule has 0 unspecified atom stereocenters. The zero-order chi connectivity index (χ0) is 12.9. The molecule has 4 fully saturated rings. The molecule has 0 amide bonds. The zero-order valence-electron chi connectivity index (χ0n) is 10.6. The largest absolute Gasteiger partial charge is 0.469 e. The number of methoxy groups -OCH3 is 1. The van der Waals surface area contributed by atoms with Gasteiger partial charge in [0.25, 0.3) is 0 Å². The van der Waals surface area contributed by atoms with Crippen LogP contribution in [0.2, 0.25) is 0 Å². The minimum absolute atomic E-state index is 0.0256. The predicted molar refractivity (Wildman–Crippen MR) is 63.5 cm³/mol. The summed E-state index contributed by atoms with van der Waals surface area (Å²) in [6, 6.07) is 0. The molecule has 1 heterocycles. The van der Waals surface area contributed by atoms with Gasteiger partial charge in [0.05, 0.1) is 25.7 Å². The summed E-state index contributed by atoms with van der Waals surface area (Å²) in [5.74, 6) is 6.14. The first-order valence-electron chi connectivity index (χ1n) is 6.45. The molecule has 18 heavy (non-hydrogen) atoms. The van der Waals surface area contributed by atoms with Gasteiger partial charge in [0.2, 0.25) is 0 Å². The highest BCUT2D eigenvalue weighted by atomic mass is 16.5. The monoisotopic (exact) mass is 250 g/mol. The molecule has 0 spiro atoms. The number of hydrogen-bond donors (Lipinski definition) is 1. The van der Waals surface area contributed by atoms with E-state index in [4.69, 9.17) is 9.47 Å². The van der Waals surface area contributed by atoms with Gasteiger partial charge in [0.15, 0.2) is 0 Å². The topological polar surface area (TPSA) is 55.8 Å². The van der Waals surface area contributed by atoms with Crippen LogP contribution in [-0.4, -0.2) is 37.0 Å². The quantitative estimate of drug-likeness (QED) is 0.554. The van der Waals surface area contributed by atoms with E-state index < -0.39 is 5.60 Å². The Morgan fingerprint density at radius 2 is 1.83 bits per heavy atom. The maximum absolute atomic E-state index is 11.5. The van der Waals surface area contributed by atoms with Crippen LogP contribution in [0.15, 0.2) is 0 Å². The molecule has 0 aromatic carbocycles. The van der Waals surface area contributed by atoms with Crippen molar-refractivity contribution in [1.29, 1.82) is 0 Å². The van der Waals surface area contributed by atoms with Crippen molar-refractivity contribution in [1.82, 2.24) is 0 Å². The molecule has 0 radical (unpaired) electrons. The second-order valence-corrected chi connectivity index (χ2v) is 5.98. The predicted octanol–water partition coefficient (Wildman–Crippen LogP) is 0.875. The van der Waals surface area contributed by atoms with Crippen molar-refractivity contribution >= 4 is 5.97 Å². The number of carbonyl (C=O) groups excluding carboxylic acids is 1. The summed E-state index contributed by atoms with van der Waals surface area (Å²) in [6.07, 6.45) is 3.56. The Morgan fingerprint density at radius 3 is 2.39 bits per heavy atom. The molecule has 0 aromatic heterocycles. The van der Waals surface area contributed by atoms with E-state index in [0.717, 1.165) is 19.3 Å². The van der Waals surface area contributed by atoms with Gasteiger partial charge in [0.1, 0.15) is 5.60 Å². The van der Waals surface area contributed by atoms with Gasteiger partial charge in [-0.3, -0.25) is 4.79 Å².